The van der Waals surface area contributed by atoms with Crippen molar-refractivity contribution in [2.24, 2.45) is 0 Å². The van der Waals surface area contributed by atoms with Gasteiger partial charge in [-0.3, -0.25) is 29.0 Å². The zero-order chi connectivity index (χ0) is 78.3. The summed E-state index contributed by atoms with van der Waals surface area (Å²) in [6.45, 7) is 5.68. The third-order valence-corrected chi connectivity index (χ3v) is 26.9. The van der Waals surface area contributed by atoms with Crippen LogP contribution in [0.15, 0.2) is 285 Å². The number of hydrogen-bond acceptors (Lipinski definition) is 19. The Hall–Kier alpha value is -10.2. The normalized spacial score (nSPS) is 26.2. The maximum atomic E-state index is 16.0. The Morgan fingerprint density at radius 1 is 0.412 bits per heavy atom. The highest BCUT2D eigenvalue weighted by Gasteiger charge is 2.64. The summed E-state index contributed by atoms with van der Waals surface area (Å²) in [6, 6.07) is 84.1. The van der Waals surface area contributed by atoms with Crippen LogP contribution in [0.2, 0.25) is 5.04 Å². The lowest BCUT2D eigenvalue weighted by Gasteiger charge is -2.54. The zero-order valence-electron chi connectivity index (χ0n) is 63.5. The molecule has 21 nitrogen and oxygen atoms in total. The highest BCUT2D eigenvalue weighted by Crippen LogP contribution is 2.46. The average molecular weight is 1560 g/mol. The number of methoxy groups -OCH3 is 1. The van der Waals surface area contributed by atoms with Crippen molar-refractivity contribution in [3.8, 4) is 11.5 Å². The molecule has 6 aliphatic rings. The van der Waals surface area contributed by atoms with Crippen LogP contribution in [-0.2, 0) is 83.0 Å². The molecular formula is C92H90N2O19Si. The number of aliphatic hydroxyl groups excluding tert-OH is 1. The molecule has 0 aliphatic carbocycles. The molecule has 4 saturated heterocycles. The van der Waals surface area contributed by atoms with Crippen molar-refractivity contribution in [1.82, 2.24) is 9.80 Å². The van der Waals surface area contributed by atoms with E-state index >= 15 is 19.2 Å². The number of carbonyl (C=O) groups is 4. The minimum atomic E-state index is -3.64. The molecule has 114 heavy (non-hydrogen) atoms. The topological polar surface area (TPSA) is 224 Å². The second kappa shape index (κ2) is 34.9. The molecule has 16 atom stereocenters. The minimum absolute atomic E-state index is 0.0510. The number of benzene rings is 10. The lowest BCUT2D eigenvalue weighted by Crippen LogP contribution is -2.74. The van der Waals surface area contributed by atoms with E-state index in [0.29, 0.717) is 16.9 Å². The number of fused-ring (bicyclic) bond motifs is 3. The van der Waals surface area contributed by atoms with Crippen LogP contribution in [0.5, 0.6) is 11.5 Å². The van der Waals surface area contributed by atoms with Crippen LogP contribution in [0.3, 0.4) is 0 Å². The summed E-state index contributed by atoms with van der Waals surface area (Å²) in [5.41, 5.74) is 4.20. The van der Waals surface area contributed by atoms with Gasteiger partial charge >= 0.3 is 0 Å². The predicted molar refractivity (Wildman–Crippen MR) is 422 cm³/mol. The molecule has 6 heterocycles. The molecule has 586 valence electrons. The SMILES string of the molecule is COc1ccc(O[C@@H]2O[C@H](COCc3ccccc3)[C@@H](O[C@@H]3O[C@H](COCc4ccccc4)[C@@H](O[C@@H]4O[C@@H]5COC(c6ccccc6)O[C@H]5[C@H](O[Si](c5ccccc5)(c5ccccc5)C(C)(C)C)[C@@H]4O)[C@H](OCc4ccccc4)[C@H]3N3C(=O)c4ccccc4C3=O)[C@H](OCc3ccccc3)[C@H]2N2C(=O)c3ccccc3C2=O)cc1. The largest absolute Gasteiger partial charge is 0.497 e. The van der Waals surface area contributed by atoms with E-state index in [0.717, 1.165) is 36.9 Å². The molecule has 16 rings (SSSR count). The number of nitrogens with zero attached hydrogens (tertiary/aromatic N) is 2. The quantitative estimate of drug-likeness (QED) is 0.0355. The smallest absolute Gasteiger partial charge is 0.262 e. The molecule has 0 aromatic heterocycles. The Bertz CT molecular complexity index is 4780. The van der Waals surface area contributed by atoms with E-state index in [2.05, 4.69) is 45.0 Å². The summed E-state index contributed by atoms with van der Waals surface area (Å²) in [6.07, 6.45) is -19.4. The van der Waals surface area contributed by atoms with E-state index in [1.54, 1.807) is 79.9 Å². The highest BCUT2D eigenvalue weighted by atomic mass is 28.4. The van der Waals surface area contributed by atoms with Crippen LogP contribution in [0.4, 0.5) is 0 Å². The van der Waals surface area contributed by atoms with Crippen molar-refractivity contribution in [3.63, 3.8) is 0 Å². The first-order valence-corrected chi connectivity index (χ1v) is 40.5. The molecular weight excluding hydrogens is 1470 g/mol. The fourth-order valence-electron chi connectivity index (χ4n) is 16.3. The minimum Gasteiger partial charge on any atom is -0.497 e. The van der Waals surface area contributed by atoms with Crippen molar-refractivity contribution >= 4 is 42.3 Å². The number of ether oxygens (including phenoxy) is 13. The van der Waals surface area contributed by atoms with E-state index in [-0.39, 0.29) is 74.3 Å². The van der Waals surface area contributed by atoms with Gasteiger partial charge in [-0.15, -0.1) is 0 Å². The summed E-state index contributed by atoms with van der Waals surface area (Å²) in [5.74, 6) is -1.97. The van der Waals surface area contributed by atoms with Crippen LogP contribution in [0, 0.1) is 0 Å². The summed E-state index contributed by atoms with van der Waals surface area (Å²) in [5, 5.41) is 15.2. The second-order valence-electron chi connectivity index (χ2n) is 30.1. The monoisotopic (exact) mass is 1550 g/mol. The molecule has 1 unspecified atom stereocenters. The lowest BCUT2D eigenvalue weighted by molar-refractivity contribution is -0.388. The van der Waals surface area contributed by atoms with Gasteiger partial charge in [0.15, 0.2) is 18.9 Å². The summed E-state index contributed by atoms with van der Waals surface area (Å²) < 4.78 is 100. The van der Waals surface area contributed by atoms with E-state index in [1.165, 1.54) is 0 Å². The molecule has 0 radical (unpaired) electrons. The summed E-state index contributed by atoms with van der Waals surface area (Å²) in [4.78, 5) is 65.2. The number of aliphatic hydroxyl groups is 1. The molecule has 6 aliphatic heterocycles. The van der Waals surface area contributed by atoms with Crippen molar-refractivity contribution in [2.75, 3.05) is 26.9 Å². The highest BCUT2D eigenvalue weighted by molar-refractivity contribution is 6.99. The van der Waals surface area contributed by atoms with Gasteiger partial charge in [0.25, 0.3) is 31.9 Å². The number of rotatable bonds is 28. The van der Waals surface area contributed by atoms with E-state index in [9.17, 15) is 5.11 Å². The van der Waals surface area contributed by atoms with E-state index in [4.69, 9.17) is 66.0 Å². The van der Waals surface area contributed by atoms with Gasteiger partial charge in [-0.25, -0.2) is 0 Å². The Kier molecular flexibility index (Phi) is 23.8. The standard InChI is InChI=1S/C92H90N2O19Si/c1-92(2,3)114(66-40-22-10-23-41-66,67-42-24-11-25-43-67)113-83-77(95)91(109-74-58-105-88(110-80(74)83)63-38-20-9-21-39-63)112-79-73(57-102-53-60-32-14-6-15-33-60)108-90(76(82(79)104-55-62-36-18-8-19-37-62)94-86(98)70-46-28-29-47-71(70)87(94)99)111-78-72(56-101-52-59-30-12-5-13-31-59)107-89(106-65-50-48-64(100-4)49-51-65)75(81(78)103-54-61-34-16-7-17-35-61)93-84(96)68-44-26-27-45-69(68)85(93)97/h5-51,72-83,88-91,95H,52-58H2,1-4H3/t72-,73-,74-,75-,76-,77+,78-,79-,80-,81-,82-,83-,88?,89-,90+,91+/m1/s1. The van der Waals surface area contributed by atoms with Gasteiger partial charge in [0.1, 0.15) is 84.6 Å². The molecule has 10 aromatic rings. The predicted octanol–water partition coefficient (Wildman–Crippen LogP) is 12.4. The van der Waals surface area contributed by atoms with Crippen LogP contribution >= 0.6 is 0 Å². The van der Waals surface area contributed by atoms with Crippen molar-refractivity contribution < 1.29 is 90.3 Å². The zero-order valence-corrected chi connectivity index (χ0v) is 64.5. The van der Waals surface area contributed by atoms with Crippen molar-refractivity contribution in [3.05, 3.63) is 335 Å². The second-order valence-corrected chi connectivity index (χ2v) is 34.3. The van der Waals surface area contributed by atoms with Gasteiger partial charge in [0.2, 0.25) is 6.29 Å². The number of amides is 4. The van der Waals surface area contributed by atoms with Gasteiger partial charge < -0.3 is 71.1 Å². The first-order chi connectivity index (χ1) is 55.7. The Balaban J connectivity index is 0.862. The first kappa shape index (κ1) is 77.7. The molecule has 4 fully saturated rings. The van der Waals surface area contributed by atoms with Gasteiger partial charge in [-0.1, -0.05) is 257 Å². The van der Waals surface area contributed by atoms with E-state index in [1.807, 2.05) is 188 Å². The maximum absolute atomic E-state index is 16.0. The Morgan fingerprint density at radius 3 is 1.22 bits per heavy atom. The molecule has 10 aromatic carbocycles. The number of imide groups is 2. The molecule has 0 bridgehead atoms. The summed E-state index contributed by atoms with van der Waals surface area (Å²) >= 11 is 0. The van der Waals surface area contributed by atoms with Crippen molar-refractivity contribution in [2.45, 2.75) is 151 Å². The van der Waals surface area contributed by atoms with Crippen LogP contribution in [0.25, 0.3) is 0 Å². The fraction of sp³-hybridized carbons (Fsp3) is 0.304. The van der Waals surface area contributed by atoms with Crippen molar-refractivity contribution in [1.29, 1.82) is 0 Å². The third kappa shape index (κ3) is 16.2. The van der Waals surface area contributed by atoms with Crippen LogP contribution in [-0.4, -0.2) is 166 Å². The summed E-state index contributed by atoms with van der Waals surface area (Å²) in [7, 11) is -2.10. The fourth-order valence-corrected chi connectivity index (χ4v) is 21.0. The first-order valence-electron chi connectivity index (χ1n) is 38.6. The van der Waals surface area contributed by atoms with E-state index < -0.39 is 135 Å². The maximum Gasteiger partial charge on any atom is 0.262 e. The Labute approximate surface area is 663 Å². The van der Waals surface area contributed by atoms with Crippen LogP contribution < -0.4 is 19.8 Å². The molecule has 1 N–H and O–H groups in total. The Morgan fingerprint density at radius 2 is 0.789 bits per heavy atom. The number of hydrogen-bond donors (Lipinski definition) is 1. The molecule has 0 saturated carbocycles. The van der Waals surface area contributed by atoms with Gasteiger partial charge in [-0.2, -0.15) is 0 Å². The van der Waals surface area contributed by atoms with Gasteiger partial charge in [0, 0.05) is 5.56 Å². The van der Waals surface area contributed by atoms with Gasteiger partial charge in [-0.05, 0) is 86.2 Å². The lowest BCUT2D eigenvalue weighted by atomic mass is 9.92. The average Bonchev–Trinajstić information content (AvgIpc) is 1.16. The molecule has 22 heteroatoms. The van der Waals surface area contributed by atoms with Gasteiger partial charge in [0.05, 0.1) is 75.6 Å². The van der Waals surface area contributed by atoms with Crippen LogP contribution in [0.1, 0.15) is 96.3 Å². The third-order valence-electron chi connectivity index (χ3n) is 21.8. The molecule has 0 spiro atoms. The molecule has 4 amide bonds. The number of carbonyl (C=O) groups excluding carboxylic acids is 4.